The summed E-state index contributed by atoms with van der Waals surface area (Å²) in [5, 5.41) is 0. The smallest absolute Gasteiger partial charge is 0.308 e. The van der Waals surface area contributed by atoms with E-state index in [1.54, 1.807) is 0 Å². The van der Waals surface area contributed by atoms with E-state index in [1.807, 2.05) is 20.8 Å². The molecule has 0 heterocycles. The van der Waals surface area contributed by atoms with E-state index in [4.69, 9.17) is 52.1 Å². The van der Waals surface area contributed by atoms with Gasteiger partial charge in [-0.25, -0.2) is 0 Å². The molecule has 0 aromatic carbocycles. The van der Waals surface area contributed by atoms with Gasteiger partial charge in [-0.3, -0.25) is 4.79 Å². The van der Waals surface area contributed by atoms with Gasteiger partial charge in [0.15, 0.2) is 0 Å². The van der Waals surface area contributed by atoms with E-state index in [0.717, 1.165) is 13.0 Å². The van der Waals surface area contributed by atoms with Gasteiger partial charge in [0.05, 0.1) is 132 Å². The Hall–Kier alpha value is -0.930. The summed E-state index contributed by atoms with van der Waals surface area (Å²) < 4.78 is 60.3. The van der Waals surface area contributed by atoms with Crippen LogP contribution in [0.2, 0.25) is 0 Å². The average Bonchev–Trinajstić information content (AvgIpc) is 3.11. The minimum atomic E-state index is -0.471. The number of unbranched alkanes of at least 4 members (excludes halogenated alkanes) is 12. The van der Waals surface area contributed by atoms with Crippen LogP contribution >= 0.6 is 0 Å². The molecule has 0 saturated heterocycles. The quantitative estimate of drug-likeness (QED) is 0.0472. The first-order valence-electron chi connectivity index (χ1n) is 20.4. The van der Waals surface area contributed by atoms with Gasteiger partial charge in [-0.05, 0) is 27.2 Å². The van der Waals surface area contributed by atoms with Crippen LogP contribution in [0.15, 0.2) is 0 Å². The molecule has 0 N–H and O–H groups in total. The van der Waals surface area contributed by atoms with Crippen molar-refractivity contribution < 1.29 is 56.9 Å². The summed E-state index contributed by atoms with van der Waals surface area (Å²) >= 11 is 0. The van der Waals surface area contributed by atoms with Crippen molar-refractivity contribution in [1.82, 2.24) is 0 Å². The van der Waals surface area contributed by atoms with Gasteiger partial charge in [-0.1, -0.05) is 84.0 Å². The molecule has 52 heavy (non-hydrogen) atoms. The average molecular weight is 753 g/mol. The summed E-state index contributed by atoms with van der Waals surface area (Å²) in [6, 6.07) is 0. The van der Waals surface area contributed by atoms with E-state index in [9.17, 15) is 4.79 Å². The largest absolute Gasteiger partial charge is 0.460 e. The maximum Gasteiger partial charge on any atom is 0.308 e. The molecule has 0 saturated carbocycles. The Bertz CT molecular complexity index is 692. The highest BCUT2D eigenvalue weighted by atomic mass is 16.6. The second-order valence-electron chi connectivity index (χ2n) is 13.7. The fourth-order valence-electron chi connectivity index (χ4n) is 4.85. The van der Waals surface area contributed by atoms with Crippen molar-refractivity contribution in [2.24, 2.45) is 0 Å². The first-order chi connectivity index (χ1) is 25.5. The van der Waals surface area contributed by atoms with Crippen molar-refractivity contribution in [3.8, 4) is 0 Å². The highest BCUT2D eigenvalue weighted by Crippen LogP contribution is 2.12. The monoisotopic (exact) mass is 753 g/mol. The zero-order valence-corrected chi connectivity index (χ0v) is 33.9. The molecule has 0 amide bonds. The van der Waals surface area contributed by atoms with E-state index >= 15 is 0 Å². The van der Waals surface area contributed by atoms with Crippen LogP contribution in [0.5, 0.6) is 0 Å². The molecule has 12 nitrogen and oxygen atoms in total. The van der Waals surface area contributed by atoms with E-state index < -0.39 is 5.60 Å². The predicted octanol–water partition coefficient (Wildman–Crippen LogP) is 6.98. The van der Waals surface area contributed by atoms with Gasteiger partial charge in [0, 0.05) is 6.61 Å². The van der Waals surface area contributed by atoms with Gasteiger partial charge < -0.3 is 52.1 Å². The summed E-state index contributed by atoms with van der Waals surface area (Å²) in [5.74, 6) is -0.261. The molecule has 0 aromatic heterocycles. The second-order valence-corrected chi connectivity index (χ2v) is 13.7. The maximum atomic E-state index is 11.6. The molecule has 0 radical (unpaired) electrons. The van der Waals surface area contributed by atoms with Crippen LogP contribution in [0, 0.1) is 0 Å². The topological polar surface area (TPSA) is 119 Å². The number of rotatable bonds is 44. The van der Waals surface area contributed by atoms with Gasteiger partial charge in [0.1, 0.15) is 5.60 Å². The lowest BCUT2D eigenvalue weighted by molar-refractivity contribution is -0.156. The van der Waals surface area contributed by atoms with Crippen LogP contribution in [0.1, 0.15) is 118 Å². The SMILES string of the molecule is CCCCCCCCCCCCCCCOCCOCCOCCOCCOCCOCCOCCOCCOCCOCCC(=O)OC(C)(C)C. The molecule has 0 aliphatic carbocycles. The lowest BCUT2D eigenvalue weighted by atomic mass is 10.0. The van der Waals surface area contributed by atoms with E-state index in [0.29, 0.717) is 126 Å². The van der Waals surface area contributed by atoms with Gasteiger partial charge in [-0.2, -0.15) is 0 Å². The molecule has 12 heteroatoms. The third-order valence-corrected chi connectivity index (χ3v) is 7.61. The first-order valence-corrected chi connectivity index (χ1v) is 20.4. The third kappa shape index (κ3) is 47.1. The predicted molar refractivity (Wildman–Crippen MR) is 204 cm³/mol. The van der Waals surface area contributed by atoms with Crippen molar-refractivity contribution in [2.45, 2.75) is 123 Å². The van der Waals surface area contributed by atoms with Crippen molar-refractivity contribution in [3.05, 3.63) is 0 Å². The normalized spacial score (nSPS) is 11.8. The van der Waals surface area contributed by atoms with E-state index in [1.165, 1.54) is 77.0 Å². The molecule has 0 fully saturated rings. The number of ether oxygens (including phenoxy) is 11. The molecule has 0 unspecified atom stereocenters. The molecular weight excluding hydrogens is 672 g/mol. The van der Waals surface area contributed by atoms with Crippen LogP contribution in [-0.4, -0.2) is 144 Å². The van der Waals surface area contributed by atoms with Gasteiger partial charge in [0.25, 0.3) is 0 Å². The molecule has 0 aliphatic rings. The fraction of sp³-hybridized carbons (Fsp3) is 0.975. The van der Waals surface area contributed by atoms with Crippen molar-refractivity contribution in [2.75, 3.05) is 132 Å². The molecule has 0 aromatic rings. The Morgan fingerprint density at radius 2 is 0.558 bits per heavy atom. The van der Waals surface area contributed by atoms with Crippen LogP contribution in [0.25, 0.3) is 0 Å². The number of carbonyl (C=O) groups excluding carboxylic acids is 1. The Kier molecular flexibility index (Phi) is 42.0. The van der Waals surface area contributed by atoms with Gasteiger partial charge in [0.2, 0.25) is 0 Å². The summed E-state index contributed by atoms with van der Waals surface area (Å²) in [7, 11) is 0. The molecule has 0 aliphatic heterocycles. The van der Waals surface area contributed by atoms with Crippen LogP contribution in [0.3, 0.4) is 0 Å². The summed E-state index contributed by atoms with van der Waals surface area (Å²) in [6.07, 6.45) is 18.0. The Morgan fingerprint density at radius 1 is 0.327 bits per heavy atom. The molecule has 0 bridgehead atoms. The zero-order valence-electron chi connectivity index (χ0n) is 33.9. The Labute approximate surface area is 317 Å². The van der Waals surface area contributed by atoms with Gasteiger partial charge >= 0.3 is 5.97 Å². The number of esters is 1. The van der Waals surface area contributed by atoms with E-state index in [-0.39, 0.29) is 12.4 Å². The van der Waals surface area contributed by atoms with E-state index in [2.05, 4.69) is 6.92 Å². The molecule has 0 rings (SSSR count). The van der Waals surface area contributed by atoms with Crippen molar-refractivity contribution in [1.29, 1.82) is 0 Å². The Morgan fingerprint density at radius 3 is 0.827 bits per heavy atom. The zero-order chi connectivity index (χ0) is 37.9. The van der Waals surface area contributed by atoms with Crippen LogP contribution < -0.4 is 0 Å². The molecular formula is C40H80O12. The van der Waals surface area contributed by atoms with Gasteiger partial charge in [-0.15, -0.1) is 0 Å². The highest BCUT2D eigenvalue weighted by Gasteiger charge is 2.15. The molecule has 0 spiro atoms. The lowest BCUT2D eigenvalue weighted by Crippen LogP contribution is -2.24. The highest BCUT2D eigenvalue weighted by molar-refractivity contribution is 5.69. The first kappa shape index (κ1) is 51.1. The van der Waals surface area contributed by atoms with Crippen LogP contribution in [-0.2, 0) is 56.9 Å². The summed E-state index contributed by atoms with van der Waals surface area (Å²) in [4.78, 5) is 11.6. The maximum absolute atomic E-state index is 11.6. The summed E-state index contributed by atoms with van der Waals surface area (Å²) in [6.45, 7) is 18.3. The van der Waals surface area contributed by atoms with Crippen molar-refractivity contribution >= 4 is 5.97 Å². The van der Waals surface area contributed by atoms with Crippen LogP contribution in [0.4, 0.5) is 0 Å². The molecule has 312 valence electrons. The molecule has 0 atom stereocenters. The summed E-state index contributed by atoms with van der Waals surface area (Å²) in [5.41, 5.74) is -0.471. The third-order valence-electron chi connectivity index (χ3n) is 7.61. The number of carbonyl (C=O) groups is 1. The standard InChI is InChI=1S/C40H80O12/c1-5-6-7-8-9-10-11-12-13-14-15-16-17-19-42-21-23-44-25-27-46-29-31-48-33-35-50-37-38-51-36-34-49-32-30-47-28-26-45-24-22-43-20-18-39(41)52-40(2,3)4/h5-38H2,1-4H3. The second kappa shape index (κ2) is 42.8. The number of hydrogen-bond acceptors (Lipinski definition) is 12. The minimum Gasteiger partial charge on any atom is -0.460 e. The fourth-order valence-corrected chi connectivity index (χ4v) is 4.85. The Balaban J connectivity index is 3.09. The lowest BCUT2D eigenvalue weighted by Gasteiger charge is -2.19. The van der Waals surface area contributed by atoms with Crippen molar-refractivity contribution in [3.63, 3.8) is 0 Å². The minimum absolute atomic E-state index is 0.236. The number of hydrogen-bond donors (Lipinski definition) is 0.